The van der Waals surface area contributed by atoms with Gasteiger partial charge >= 0.3 is 5.97 Å². The summed E-state index contributed by atoms with van der Waals surface area (Å²) in [5.74, 6) is -0.265. The molecule has 0 aliphatic carbocycles. The maximum Gasteiger partial charge on any atom is 0.350 e. The zero-order valence-corrected chi connectivity index (χ0v) is 21.8. The Morgan fingerprint density at radius 2 is 1.78 bits per heavy atom. The van der Waals surface area contributed by atoms with Crippen LogP contribution in [0, 0.1) is 21.4 Å². The van der Waals surface area contributed by atoms with E-state index in [1.165, 1.54) is 43.5 Å². The molecule has 1 atom stereocenters. The molecule has 10 heteroatoms. The van der Waals surface area contributed by atoms with Crippen molar-refractivity contribution in [3.05, 3.63) is 135 Å². The minimum atomic E-state index is -0.901. The van der Waals surface area contributed by atoms with E-state index in [1.807, 2.05) is 36.4 Å². The van der Waals surface area contributed by atoms with Gasteiger partial charge in [0, 0.05) is 17.7 Å². The minimum absolute atomic E-state index is 0.0844. The number of nitrogens with zero attached hydrogens (tertiary/aromatic N) is 2. The van der Waals surface area contributed by atoms with Gasteiger partial charge in [0.15, 0.2) is 11.5 Å². The summed E-state index contributed by atoms with van der Waals surface area (Å²) in [4.78, 5) is 23.4. The highest BCUT2D eigenvalue weighted by Gasteiger charge is 2.32. The lowest BCUT2D eigenvalue weighted by molar-refractivity contribution is -0.385. The second kappa shape index (κ2) is 11.5. The Kier molecular flexibility index (Phi) is 7.52. The second-order valence-corrected chi connectivity index (χ2v) is 8.97. The Labute approximate surface area is 234 Å². The van der Waals surface area contributed by atoms with E-state index in [0.29, 0.717) is 29.2 Å². The number of hydrogen-bond acceptors (Lipinski definition) is 9. The van der Waals surface area contributed by atoms with Crippen LogP contribution in [0.2, 0.25) is 0 Å². The monoisotopic (exact) mass is 549 g/mol. The number of allylic oxidation sites excluding steroid dienone is 1. The summed E-state index contributed by atoms with van der Waals surface area (Å²) in [5.41, 5.74) is 8.06. The highest BCUT2D eigenvalue weighted by Crippen LogP contribution is 2.45. The first-order valence-electron chi connectivity index (χ1n) is 12.4. The third-order valence-corrected chi connectivity index (χ3v) is 6.48. The highest BCUT2D eigenvalue weighted by molar-refractivity contribution is 5.95. The summed E-state index contributed by atoms with van der Waals surface area (Å²) in [5, 5.41) is 21.3. The van der Waals surface area contributed by atoms with Crippen LogP contribution < -0.4 is 24.7 Å². The molecule has 0 radical (unpaired) electrons. The molecule has 10 nitrogen and oxygen atoms in total. The summed E-state index contributed by atoms with van der Waals surface area (Å²) >= 11 is 0. The Bertz CT molecular complexity index is 1710. The molecule has 0 aromatic heterocycles. The predicted octanol–water partition coefficient (Wildman–Crippen LogP) is 5.62. The summed E-state index contributed by atoms with van der Waals surface area (Å²) in [7, 11) is 1.53. The molecule has 0 spiro atoms. The van der Waals surface area contributed by atoms with Gasteiger partial charge in [-0.1, -0.05) is 54.6 Å². The fourth-order valence-corrected chi connectivity index (χ4v) is 4.53. The number of fused-ring (bicyclic) bond motifs is 1. The topological polar surface area (TPSA) is 147 Å². The van der Waals surface area contributed by atoms with E-state index in [2.05, 4.69) is 6.07 Å². The summed E-state index contributed by atoms with van der Waals surface area (Å²) < 4.78 is 22.7. The van der Waals surface area contributed by atoms with Crippen LogP contribution in [-0.4, -0.2) is 18.0 Å². The number of carbonyl (C=O) groups excluding carboxylic acids is 1. The summed E-state index contributed by atoms with van der Waals surface area (Å²) in [6.45, 7) is 0.348. The Morgan fingerprint density at radius 3 is 2.51 bits per heavy atom. The number of carbonyl (C=O) groups is 1. The van der Waals surface area contributed by atoms with Crippen LogP contribution in [0.25, 0.3) is 0 Å². The van der Waals surface area contributed by atoms with Gasteiger partial charge in [-0.25, -0.2) is 4.79 Å². The Balaban J connectivity index is 1.45. The maximum atomic E-state index is 12.7. The minimum Gasteiger partial charge on any atom is -0.493 e. The van der Waals surface area contributed by atoms with Crippen LogP contribution in [-0.2, 0) is 6.61 Å². The van der Waals surface area contributed by atoms with Crippen LogP contribution in [0.15, 0.2) is 102 Å². The van der Waals surface area contributed by atoms with Crippen LogP contribution >= 0.6 is 0 Å². The number of hydrogen-bond donors (Lipinski definition) is 1. The van der Waals surface area contributed by atoms with E-state index in [0.717, 1.165) is 5.56 Å². The fourth-order valence-electron chi connectivity index (χ4n) is 4.53. The number of ether oxygens (including phenoxy) is 4. The fraction of sp³-hybridized carbons (Fsp3) is 0.0968. The maximum absolute atomic E-state index is 12.7. The van der Waals surface area contributed by atoms with Crippen LogP contribution in [0.4, 0.5) is 5.69 Å². The number of nitriles is 1. The lowest BCUT2D eigenvalue weighted by Crippen LogP contribution is -2.21. The molecule has 0 fully saturated rings. The first kappa shape index (κ1) is 26.8. The molecule has 4 aromatic carbocycles. The van der Waals surface area contributed by atoms with Crippen molar-refractivity contribution < 1.29 is 28.7 Å². The van der Waals surface area contributed by atoms with Gasteiger partial charge in [-0.05, 0) is 35.4 Å². The third kappa shape index (κ3) is 5.51. The number of nitrogens with two attached hydrogens (primary N) is 1. The van der Waals surface area contributed by atoms with Crippen molar-refractivity contribution in [2.45, 2.75) is 12.5 Å². The molecule has 0 saturated carbocycles. The largest absolute Gasteiger partial charge is 0.493 e. The highest BCUT2D eigenvalue weighted by atomic mass is 16.6. The number of rotatable bonds is 8. The van der Waals surface area contributed by atoms with Gasteiger partial charge in [-0.15, -0.1) is 0 Å². The zero-order valence-electron chi connectivity index (χ0n) is 21.8. The van der Waals surface area contributed by atoms with Crippen molar-refractivity contribution in [1.82, 2.24) is 0 Å². The number of benzene rings is 4. The predicted molar refractivity (Wildman–Crippen MR) is 148 cm³/mol. The number of methoxy groups -OCH3 is 1. The zero-order chi connectivity index (χ0) is 28.9. The smallest absolute Gasteiger partial charge is 0.350 e. The van der Waals surface area contributed by atoms with Crippen LogP contribution in [0.5, 0.6) is 23.0 Å². The average molecular weight is 550 g/mol. The number of para-hydroxylation sites is 1. The van der Waals surface area contributed by atoms with Gasteiger partial charge in [0.05, 0.1) is 18.0 Å². The molecular weight excluding hydrogens is 526 g/mol. The molecule has 41 heavy (non-hydrogen) atoms. The van der Waals surface area contributed by atoms with Crippen molar-refractivity contribution in [2.75, 3.05) is 7.11 Å². The van der Waals surface area contributed by atoms with Gasteiger partial charge in [0.1, 0.15) is 35.3 Å². The standard InChI is InChI=1S/C31H23N3O7/c1-38-28-15-20(11-14-26(28)39-18-19-7-3-2-4-8-19)29-23-13-12-21(16-27(23)41-30(33)24(29)17-32)40-31(35)22-9-5-6-10-25(22)34(36)37/h2-16,29H,18,33H2,1H3. The van der Waals surface area contributed by atoms with E-state index in [1.54, 1.807) is 18.2 Å². The van der Waals surface area contributed by atoms with E-state index < -0.39 is 16.8 Å². The number of nitro groups is 1. The molecule has 204 valence electrons. The quantitative estimate of drug-likeness (QED) is 0.128. The van der Waals surface area contributed by atoms with Gasteiger partial charge in [-0.2, -0.15) is 5.26 Å². The lowest BCUT2D eigenvalue weighted by Gasteiger charge is -2.27. The van der Waals surface area contributed by atoms with Crippen LogP contribution in [0.3, 0.4) is 0 Å². The molecular formula is C31H23N3O7. The van der Waals surface area contributed by atoms with Gasteiger partial charge in [-0.3, -0.25) is 10.1 Å². The van der Waals surface area contributed by atoms with Crippen molar-refractivity contribution in [1.29, 1.82) is 5.26 Å². The van der Waals surface area contributed by atoms with Crippen molar-refractivity contribution >= 4 is 11.7 Å². The summed E-state index contributed by atoms with van der Waals surface area (Å²) in [6.07, 6.45) is 0. The van der Waals surface area contributed by atoms with Gasteiger partial charge < -0.3 is 24.7 Å². The SMILES string of the molecule is COc1cc(C2C(C#N)=C(N)Oc3cc(OC(=O)c4ccccc4[N+](=O)[O-])ccc32)ccc1OCc1ccccc1. The summed E-state index contributed by atoms with van der Waals surface area (Å²) in [6, 6.07) is 27.3. The molecule has 2 N–H and O–H groups in total. The molecule has 1 aliphatic rings. The molecule has 1 unspecified atom stereocenters. The van der Waals surface area contributed by atoms with Crippen molar-refractivity contribution in [2.24, 2.45) is 5.73 Å². The van der Waals surface area contributed by atoms with Gasteiger partial charge in [0.2, 0.25) is 5.88 Å². The Hall–Kier alpha value is -5.82. The van der Waals surface area contributed by atoms with E-state index >= 15 is 0 Å². The van der Waals surface area contributed by atoms with Crippen molar-refractivity contribution in [3.63, 3.8) is 0 Å². The number of esters is 1. The first-order chi connectivity index (χ1) is 19.9. The third-order valence-electron chi connectivity index (χ3n) is 6.48. The lowest BCUT2D eigenvalue weighted by atomic mass is 9.83. The molecule has 5 rings (SSSR count). The second-order valence-electron chi connectivity index (χ2n) is 8.97. The molecule has 0 saturated heterocycles. The molecule has 4 aromatic rings. The molecule has 0 bridgehead atoms. The Morgan fingerprint density at radius 1 is 1.02 bits per heavy atom. The van der Waals surface area contributed by atoms with E-state index in [9.17, 15) is 20.2 Å². The van der Waals surface area contributed by atoms with E-state index in [4.69, 9.17) is 24.7 Å². The average Bonchev–Trinajstić information content (AvgIpc) is 2.99. The van der Waals surface area contributed by atoms with Crippen LogP contribution in [0.1, 0.15) is 33.0 Å². The van der Waals surface area contributed by atoms with Crippen molar-refractivity contribution in [3.8, 4) is 29.1 Å². The first-order valence-corrected chi connectivity index (χ1v) is 12.4. The van der Waals surface area contributed by atoms with E-state index in [-0.39, 0.29) is 34.2 Å². The molecule has 1 heterocycles. The molecule has 0 amide bonds. The molecule has 1 aliphatic heterocycles. The van der Waals surface area contributed by atoms with Gasteiger partial charge in [0.25, 0.3) is 5.69 Å². The number of nitro benzene ring substituents is 1. The normalized spacial score (nSPS) is 13.8.